The number of methoxy groups -OCH3 is 3. The molecule has 0 spiro atoms. The maximum Gasteiger partial charge on any atom is 0.302 e. The number of hydrogen-bond acceptors (Lipinski definition) is 9. The predicted molar refractivity (Wildman–Crippen MR) is 124 cm³/mol. The number of halogens is 1. The number of ether oxygens (including phenoxy) is 4. The highest BCUT2D eigenvalue weighted by Crippen LogP contribution is 2.40. The summed E-state index contributed by atoms with van der Waals surface area (Å²) in [5.41, 5.74) is 2.22. The normalized spacial score (nSPS) is 10.3. The molecule has 1 aromatic heterocycles. The zero-order valence-corrected chi connectivity index (χ0v) is 19.6. The quantitative estimate of drug-likeness (QED) is 0.398. The molecule has 0 aliphatic rings. The monoisotopic (exact) mass is 502 g/mol. The first-order chi connectivity index (χ1) is 15.4. The highest BCUT2D eigenvalue weighted by molar-refractivity contribution is 9.10. The van der Waals surface area contributed by atoms with E-state index < -0.39 is 0 Å². The van der Waals surface area contributed by atoms with Crippen molar-refractivity contribution in [2.75, 3.05) is 32.0 Å². The van der Waals surface area contributed by atoms with Gasteiger partial charge in [-0.05, 0) is 22.0 Å². The fourth-order valence-electron chi connectivity index (χ4n) is 2.87. The van der Waals surface area contributed by atoms with Crippen molar-refractivity contribution in [2.45, 2.75) is 13.5 Å². The first kappa shape index (κ1) is 23.1. The van der Waals surface area contributed by atoms with Crippen molar-refractivity contribution in [3.05, 3.63) is 52.6 Å². The van der Waals surface area contributed by atoms with Crippen molar-refractivity contribution in [1.82, 2.24) is 9.97 Å². The molecular weight excluding hydrogens is 480 g/mol. The zero-order chi connectivity index (χ0) is 23.1. The average Bonchev–Trinajstić information content (AvgIpc) is 2.79. The second kappa shape index (κ2) is 10.7. The van der Waals surface area contributed by atoms with Crippen LogP contribution in [0.2, 0.25) is 0 Å². The molecule has 0 atom stereocenters. The van der Waals surface area contributed by atoms with Crippen LogP contribution in [-0.2, 0) is 16.1 Å². The molecule has 3 aromatic rings. The van der Waals surface area contributed by atoms with Gasteiger partial charge in [-0.3, -0.25) is 4.79 Å². The summed E-state index contributed by atoms with van der Waals surface area (Å²) in [6.07, 6.45) is 1.63. The maximum absolute atomic E-state index is 11.2. The Balaban J connectivity index is 1.87. The van der Waals surface area contributed by atoms with Gasteiger partial charge in [0.2, 0.25) is 11.7 Å². The smallest absolute Gasteiger partial charge is 0.302 e. The summed E-state index contributed by atoms with van der Waals surface area (Å²) in [4.78, 5) is 20.1. The molecule has 32 heavy (non-hydrogen) atoms. The lowest BCUT2D eigenvalue weighted by Gasteiger charge is -2.16. The SMILES string of the molecule is COc1cc(Nc2ncc(Br)c(Nc3ccccc3COC(C)=O)n2)cc(OC)c1OC. The molecule has 3 rings (SSSR count). The minimum atomic E-state index is -0.347. The van der Waals surface area contributed by atoms with Crippen molar-refractivity contribution in [1.29, 1.82) is 0 Å². The summed E-state index contributed by atoms with van der Waals surface area (Å²) in [6, 6.07) is 11.0. The highest BCUT2D eigenvalue weighted by Gasteiger charge is 2.15. The molecule has 0 aliphatic carbocycles. The predicted octanol–water partition coefficient (Wildman–Crippen LogP) is 4.82. The van der Waals surface area contributed by atoms with E-state index in [0.717, 1.165) is 11.3 Å². The third-order valence-electron chi connectivity index (χ3n) is 4.37. The van der Waals surface area contributed by atoms with Gasteiger partial charge in [-0.2, -0.15) is 4.98 Å². The topological polar surface area (TPSA) is 104 Å². The minimum Gasteiger partial charge on any atom is -0.493 e. The van der Waals surface area contributed by atoms with Gasteiger partial charge in [-0.15, -0.1) is 0 Å². The summed E-state index contributed by atoms with van der Waals surface area (Å²) >= 11 is 3.47. The fraction of sp³-hybridized carbons (Fsp3) is 0.227. The van der Waals surface area contributed by atoms with Gasteiger partial charge in [0.15, 0.2) is 11.5 Å². The number of hydrogen-bond donors (Lipinski definition) is 2. The fourth-order valence-corrected chi connectivity index (χ4v) is 3.16. The van der Waals surface area contributed by atoms with Crippen LogP contribution in [0, 0.1) is 0 Å². The van der Waals surface area contributed by atoms with E-state index in [2.05, 4.69) is 36.5 Å². The molecular formula is C22H23BrN4O5. The van der Waals surface area contributed by atoms with Gasteiger partial charge in [0.25, 0.3) is 0 Å². The van der Waals surface area contributed by atoms with Gasteiger partial charge >= 0.3 is 5.97 Å². The number of rotatable bonds is 9. The van der Waals surface area contributed by atoms with Crippen LogP contribution in [0.4, 0.5) is 23.1 Å². The van der Waals surface area contributed by atoms with Gasteiger partial charge in [0, 0.05) is 42.2 Å². The molecule has 2 aromatic carbocycles. The second-order valence-corrected chi connectivity index (χ2v) is 7.35. The summed E-state index contributed by atoms with van der Waals surface area (Å²) < 4.78 is 21.9. The second-order valence-electron chi connectivity index (χ2n) is 6.49. The van der Waals surface area contributed by atoms with Gasteiger partial charge < -0.3 is 29.6 Å². The van der Waals surface area contributed by atoms with Crippen LogP contribution in [0.3, 0.4) is 0 Å². The summed E-state index contributed by atoms with van der Waals surface area (Å²) in [7, 11) is 4.64. The molecule has 2 N–H and O–H groups in total. The number of carbonyl (C=O) groups is 1. The Hall–Kier alpha value is -3.53. The largest absolute Gasteiger partial charge is 0.493 e. The van der Waals surface area contributed by atoms with Crippen molar-refractivity contribution in [2.24, 2.45) is 0 Å². The molecule has 1 heterocycles. The van der Waals surface area contributed by atoms with Crippen LogP contribution >= 0.6 is 15.9 Å². The Labute approximate surface area is 194 Å². The number of nitrogens with zero attached hydrogens (tertiary/aromatic N) is 2. The van der Waals surface area contributed by atoms with E-state index in [1.54, 1.807) is 39.7 Å². The number of anilines is 4. The zero-order valence-electron chi connectivity index (χ0n) is 18.1. The van der Waals surface area contributed by atoms with Crippen LogP contribution in [0.5, 0.6) is 17.2 Å². The molecule has 10 heteroatoms. The highest BCUT2D eigenvalue weighted by atomic mass is 79.9. The van der Waals surface area contributed by atoms with Crippen molar-refractivity contribution >= 4 is 45.0 Å². The Morgan fingerprint density at radius 2 is 1.72 bits per heavy atom. The molecule has 0 aliphatic heterocycles. The summed E-state index contributed by atoms with van der Waals surface area (Å²) in [6.45, 7) is 1.52. The minimum absolute atomic E-state index is 0.151. The molecule has 9 nitrogen and oxygen atoms in total. The van der Waals surface area contributed by atoms with Gasteiger partial charge in [0.1, 0.15) is 12.4 Å². The average molecular weight is 503 g/mol. The third kappa shape index (κ3) is 5.58. The number of nitrogens with one attached hydrogen (secondary N) is 2. The van der Waals surface area contributed by atoms with Crippen LogP contribution in [0.25, 0.3) is 0 Å². The van der Waals surface area contributed by atoms with Crippen LogP contribution < -0.4 is 24.8 Å². The van der Waals surface area contributed by atoms with E-state index in [9.17, 15) is 4.79 Å². The Kier molecular flexibility index (Phi) is 7.72. The molecule has 0 bridgehead atoms. The number of para-hydroxylation sites is 1. The lowest BCUT2D eigenvalue weighted by Crippen LogP contribution is -2.05. The molecule has 0 saturated heterocycles. The van der Waals surface area contributed by atoms with Crippen LogP contribution in [0.1, 0.15) is 12.5 Å². The standard InChI is InChI=1S/C22H23BrN4O5/c1-13(28)32-12-14-7-5-6-8-17(14)26-21-16(23)11-24-22(27-21)25-15-9-18(29-2)20(31-4)19(10-15)30-3/h5-11H,12H2,1-4H3,(H2,24,25,26,27). The Morgan fingerprint density at radius 1 is 1.03 bits per heavy atom. The number of aromatic nitrogens is 2. The molecule has 0 saturated carbocycles. The molecule has 0 radical (unpaired) electrons. The lowest BCUT2D eigenvalue weighted by molar-refractivity contribution is -0.142. The molecule has 0 fully saturated rings. The molecule has 168 valence electrons. The summed E-state index contributed by atoms with van der Waals surface area (Å²) in [5.74, 6) is 2.03. The number of carbonyl (C=O) groups excluding carboxylic acids is 1. The van der Waals surface area contributed by atoms with Gasteiger partial charge in [-0.1, -0.05) is 18.2 Å². The van der Waals surface area contributed by atoms with Crippen LogP contribution in [-0.4, -0.2) is 37.3 Å². The first-order valence-electron chi connectivity index (χ1n) is 9.53. The third-order valence-corrected chi connectivity index (χ3v) is 4.95. The lowest BCUT2D eigenvalue weighted by atomic mass is 10.2. The van der Waals surface area contributed by atoms with E-state index in [1.165, 1.54) is 6.92 Å². The van der Waals surface area contributed by atoms with Crippen LogP contribution in [0.15, 0.2) is 47.1 Å². The maximum atomic E-state index is 11.2. The molecule has 0 unspecified atom stereocenters. The van der Waals surface area contributed by atoms with Crippen molar-refractivity contribution in [3.63, 3.8) is 0 Å². The Bertz CT molecular complexity index is 1080. The van der Waals surface area contributed by atoms with E-state index in [-0.39, 0.29) is 12.6 Å². The van der Waals surface area contributed by atoms with E-state index in [1.807, 2.05) is 24.3 Å². The first-order valence-corrected chi connectivity index (χ1v) is 10.3. The van der Waals surface area contributed by atoms with Crippen molar-refractivity contribution in [3.8, 4) is 17.2 Å². The van der Waals surface area contributed by atoms with E-state index in [0.29, 0.717) is 39.2 Å². The van der Waals surface area contributed by atoms with Gasteiger partial charge in [-0.25, -0.2) is 4.98 Å². The van der Waals surface area contributed by atoms with E-state index >= 15 is 0 Å². The number of benzene rings is 2. The van der Waals surface area contributed by atoms with Crippen molar-refractivity contribution < 1.29 is 23.7 Å². The van der Waals surface area contributed by atoms with Gasteiger partial charge in [0.05, 0.1) is 25.8 Å². The molecule has 0 amide bonds. The number of esters is 1. The Morgan fingerprint density at radius 3 is 2.34 bits per heavy atom. The van der Waals surface area contributed by atoms with E-state index in [4.69, 9.17) is 18.9 Å². The summed E-state index contributed by atoms with van der Waals surface area (Å²) in [5, 5.41) is 6.40.